The normalized spacial score (nSPS) is 11.2. The van der Waals surface area contributed by atoms with E-state index in [2.05, 4.69) is 10.5 Å². The average Bonchev–Trinajstić information content (AvgIpc) is 3.32. The molecule has 1 amide bonds. The first-order valence-electron chi connectivity index (χ1n) is 10.5. The number of fused-ring (bicyclic) bond motifs is 1. The van der Waals surface area contributed by atoms with E-state index in [0.717, 1.165) is 0 Å². The zero-order valence-corrected chi connectivity index (χ0v) is 18.9. The molecule has 0 saturated heterocycles. The third-order valence-corrected chi connectivity index (χ3v) is 5.89. The van der Waals surface area contributed by atoms with Crippen LogP contribution in [-0.4, -0.2) is 21.7 Å². The number of aromatic nitrogens is 2. The number of furan rings is 1. The van der Waals surface area contributed by atoms with Crippen molar-refractivity contribution in [3.63, 3.8) is 0 Å². The summed E-state index contributed by atoms with van der Waals surface area (Å²) in [4.78, 5) is 30.1. The van der Waals surface area contributed by atoms with E-state index >= 15 is 0 Å². The van der Waals surface area contributed by atoms with Crippen LogP contribution in [0.25, 0.3) is 16.6 Å². The predicted octanol–water partition coefficient (Wildman–Crippen LogP) is 5.03. The van der Waals surface area contributed by atoms with E-state index < -0.39 is 11.7 Å². The van der Waals surface area contributed by atoms with Crippen LogP contribution in [0.5, 0.6) is 0 Å². The van der Waals surface area contributed by atoms with E-state index in [1.54, 1.807) is 34.9 Å². The van der Waals surface area contributed by atoms with Crippen molar-refractivity contribution in [1.82, 2.24) is 15.0 Å². The molecular formula is C26H17FN4O3S. The molecule has 3 aromatic carbocycles. The summed E-state index contributed by atoms with van der Waals surface area (Å²) in [7, 11) is 0. The molecule has 9 heteroatoms. The lowest BCUT2D eigenvalue weighted by Crippen LogP contribution is -2.21. The minimum Gasteiger partial charge on any atom is -0.448 e. The first kappa shape index (κ1) is 22.3. The third kappa shape index (κ3) is 4.90. The minimum absolute atomic E-state index is 0.179. The first-order chi connectivity index (χ1) is 17.1. The molecule has 0 aliphatic carbocycles. The Morgan fingerprint density at radius 2 is 1.71 bits per heavy atom. The summed E-state index contributed by atoms with van der Waals surface area (Å²) in [6.45, 7) is 0. The molecule has 172 valence electrons. The van der Waals surface area contributed by atoms with Gasteiger partial charge in [0.1, 0.15) is 11.6 Å². The summed E-state index contributed by atoms with van der Waals surface area (Å²) in [5.74, 6) is -0.514. The molecule has 0 spiro atoms. The van der Waals surface area contributed by atoms with Gasteiger partial charge < -0.3 is 4.42 Å². The Morgan fingerprint density at radius 1 is 0.971 bits per heavy atom. The van der Waals surface area contributed by atoms with Crippen molar-refractivity contribution in [2.45, 2.75) is 10.2 Å². The number of carbonyl (C=O) groups is 1. The Bertz CT molecular complexity index is 1600. The number of hydrazone groups is 1. The second-order valence-corrected chi connectivity index (χ2v) is 8.32. The predicted molar refractivity (Wildman–Crippen MR) is 132 cm³/mol. The summed E-state index contributed by atoms with van der Waals surface area (Å²) in [6, 6.07) is 25.0. The molecular weight excluding hydrogens is 467 g/mol. The molecule has 0 atom stereocenters. The Labute approximate surface area is 202 Å². The molecule has 0 aliphatic heterocycles. The highest BCUT2D eigenvalue weighted by atomic mass is 32.2. The van der Waals surface area contributed by atoms with Crippen molar-refractivity contribution < 1.29 is 13.6 Å². The fourth-order valence-corrected chi connectivity index (χ4v) is 4.23. The number of hydrogen-bond donors (Lipinski definition) is 1. The van der Waals surface area contributed by atoms with E-state index in [0.29, 0.717) is 32.6 Å². The van der Waals surface area contributed by atoms with E-state index in [1.807, 2.05) is 36.4 Å². The van der Waals surface area contributed by atoms with Gasteiger partial charge in [0, 0.05) is 5.56 Å². The van der Waals surface area contributed by atoms with Crippen LogP contribution in [0.1, 0.15) is 16.1 Å². The summed E-state index contributed by atoms with van der Waals surface area (Å²) < 4.78 is 20.3. The fraction of sp³-hybridized carbons (Fsp3) is 0. The third-order valence-electron chi connectivity index (χ3n) is 5.02. The Hall–Kier alpha value is -4.50. The molecule has 5 aromatic rings. The molecule has 2 heterocycles. The van der Waals surface area contributed by atoms with Crippen molar-refractivity contribution in [2.75, 3.05) is 0 Å². The number of amides is 1. The van der Waals surface area contributed by atoms with E-state index in [1.165, 1.54) is 42.2 Å². The number of nitrogens with zero attached hydrogens (tertiary/aromatic N) is 3. The highest BCUT2D eigenvalue weighted by Crippen LogP contribution is 2.29. The monoisotopic (exact) mass is 484 g/mol. The molecule has 0 bridgehead atoms. The van der Waals surface area contributed by atoms with Gasteiger partial charge in [-0.25, -0.2) is 14.8 Å². The summed E-state index contributed by atoms with van der Waals surface area (Å²) >= 11 is 1.20. The first-order valence-corrected chi connectivity index (χ1v) is 11.3. The quantitative estimate of drug-likeness (QED) is 0.207. The van der Waals surface area contributed by atoms with Crippen molar-refractivity contribution >= 4 is 34.8 Å². The Balaban J connectivity index is 1.39. The molecule has 0 radical (unpaired) electrons. The van der Waals surface area contributed by atoms with Crippen LogP contribution in [0.3, 0.4) is 0 Å². The van der Waals surface area contributed by atoms with Crippen molar-refractivity contribution in [3.05, 3.63) is 118 Å². The Kier molecular flexibility index (Phi) is 6.23. The molecule has 0 saturated carbocycles. The summed E-state index contributed by atoms with van der Waals surface area (Å²) in [6.07, 6.45) is 1.35. The van der Waals surface area contributed by atoms with Crippen LogP contribution in [0, 0.1) is 5.82 Å². The zero-order valence-electron chi connectivity index (χ0n) is 18.1. The second-order valence-electron chi connectivity index (χ2n) is 7.35. The van der Waals surface area contributed by atoms with Crippen LogP contribution in [0.15, 0.2) is 116 Å². The van der Waals surface area contributed by atoms with Gasteiger partial charge in [0.2, 0.25) is 0 Å². The van der Waals surface area contributed by atoms with Gasteiger partial charge in [-0.15, -0.1) is 0 Å². The largest absolute Gasteiger partial charge is 0.448 e. The molecule has 35 heavy (non-hydrogen) atoms. The van der Waals surface area contributed by atoms with Crippen LogP contribution < -0.4 is 11.0 Å². The number of hydrogen-bond acceptors (Lipinski definition) is 6. The number of benzene rings is 3. The molecule has 0 fully saturated rings. The SMILES string of the molecule is O=C(NN=Cc1ccc(Sc2nc3ccccc3c(=O)n2-c2ccccc2)o1)c1ccc(F)cc1. The van der Waals surface area contributed by atoms with E-state index in [-0.39, 0.29) is 11.1 Å². The topological polar surface area (TPSA) is 89.5 Å². The number of rotatable bonds is 6. The van der Waals surface area contributed by atoms with Gasteiger partial charge in [-0.1, -0.05) is 30.3 Å². The number of para-hydroxylation sites is 2. The van der Waals surface area contributed by atoms with Gasteiger partial charge in [-0.3, -0.25) is 14.2 Å². The Morgan fingerprint density at radius 3 is 2.51 bits per heavy atom. The van der Waals surface area contributed by atoms with Crippen molar-refractivity contribution in [2.24, 2.45) is 5.10 Å². The number of halogens is 1. The van der Waals surface area contributed by atoms with Gasteiger partial charge >= 0.3 is 0 Å². The maximum Gasteiger partial charge on any atom is 0.271 e. The molecule has 5 rings (SSSR count). The molecule has 1 N–H and O–H groups in total. The second kappa shape index (κ2) is 9.78. The highest BCUT2D eigenvalue weighted by molar-refractivity contribution is 7.99. The van der Waals surface area contributed by atoms with Crippen LogP contribution >= 0.6 is 11.8 Å². The zero-order chi connectivity index (χ0) is 24.2. The molecule has 2 aromatic heterocycles. The van der Waals surface area contributed by atoms with Crippen LogP contribution in [-0.2, 0) is 0 Å². The number of nitrogens with one attached hydrogen (secondary N) is 1. The van der Waals surface area contributed by atoms with Gasteiger partial charge in [-0.05, 0) is 72.4 Å². The summed E-state index contributed by atoms with van der Waals surface area (Å²) in [5.41, 5.74) is 3.74. The lowest BCUT2D eigenvalue weighted by molar-refractivity contribution is 0.0955. The van der Waals surface area contributed by atoms with Gasteiger partial charge in [-0.2, -0.15) is 5.10 Å². The minimum atomic E-state index is -0.477. The molecule has 0 unspecified atom stereocenters. The lowest BCUT2D eigenvalue weighted by Gasteiger charge is -2.12. The smallest absolute Gasteiger partial charge is 0.271 e. The van der Waals surface area contributed by atoms with Crippen LogP contribution in [0.4, 0.5) is 4.39 Å². The molecule has 0 aliphatic rings. The van der Waals surface area contributed by atoms with Crippen molar-refractivity contribution in [3.8, 4) is 5.69 Å². The molecule has 7 nitrogen and oxygen atoms in total. The van der Waals surface area contributed by atoms with Crippen LogP contribution in [0.2, 0.25) is 0 Å². The maximum absolute atomic E-state index is 13.3. The van der Waals surface area contributed by atoms with Gasteiger partial charge in [0.25, 0.3) is 11.5 Å². The van der Waals surface area contributed by atoms with Gasteiger partial charge in [0.05, 0.1) is 22.8 Å². The number of carbonyl (C=O) groups excluding carboxylic acids is 1. The van der Waals surface area contributed by atoms with Gasteiger partial charge in [0.15, 0.2) is 10.2 Å². The van der Waals surface area contributed by atoms with Crippen molar-refractivity contribution in [1.29, 1.82) is 0 Å². The maximum atomic E-state index is 13.3. The van der Waals surface area contributed by atoms with E-state index in [9.17, 15) is 14.0 Å². The average molecular weight is 485 g/mol. The lowest BCUT2D eigenvalue weighted by atomic mass is 10.2. The summed E-state index contributed by atoms with van der Waals surface area (Å²) in [5, 5.41) is 5.34. The highest BCUT2D eigenvalue weighted by Gasteiger charge is 2.15. The standard InChI is InChI=1S/C26H17FN4O3S/c27-18-12-10-17(11-13-18)24(32)30-28-16-20-14-15-23(34-20)35-26-29-22-9-5-4-8-21(22)25(33)31(26)19-6-2-1-3-7-19/h1-16H,(H,30,32). The van der Waals surface area contributed by atoms with E-state index in [4.69, 9.17) is 9.40 Å². The fourth-order valence-electron chi connectivity index (χ4n) is 3.35.